The van der Waals surface area contributed by atoms with E-state index in [1.54, 1.807) is 19.3 Å². The van der Waals surface area contributed by atoms with Crippen LogP contribution in [0.25, 0.3) is 0 Å². The Bertz CT molecular complexity index is 960. The number of halogens is 3. The first kappa shape index (κ1) is 19.3. The number of carbonyl (C=O) groups is 1. The maximum absolute atomic E-state index is 12.6. The van der Waals surface area contributed by atoms with Gasteiger partial charge in [0.25, 0.3) is 5.91 Å². The molecule has 6 nitrogen and oxygen atoms in total. The molecule has 0 aliphatic heterocycles. The first-order valence-electron chi connectivity index (χ1n) is 8.28. The van der Waals surface area contributed by atoms with Crippen LogP contribution in [0.5, 0.6) is 0 Å². The molecule has 0 bridgehead atoms. The Kier molecular flexibility index (Phi) is 5.53. The number of pyridine rings is 1. The molecular weight excluding hydrogens is 371 g/mol. The van der Waals surface area contributed by atoms with Gasteiger partial charge in [0.2, 0.25) is 0 Å². The summed E-state index contributed by atoms with van der Waals surface area (Å²) < 4.78 is 37.8. The fourth-order valence-corrected chi connectivity index (χ4v) is 2.41. The van der Waals surface area contributed by atoms with Crippen LogP contribution in [0.2, 0.25) is 0 Å². The van der Waals surface area contributed by atoms with Crippen molar-refractivity contribution >= 4 is 17.4 Å². The second kappa shape index (κ2) is 8.03. The lowest BCUT2D eigenvalue weighted by Gasteiger charge is -2.10. The highest BCUT2D eigenvalue weighted by atomic mass is 19.4. The van der Waals surface area contributed by atoms with Gasteiger partial charge in [-0.25, -0.2) is 9.97 Å². The van der Waals surface area contributed by atoms with Crippen LogP contribution in [0.3, 0.4) is 0 Å². The van der Waals surface area contributed by atoms with Crippen LogP contribution < -0.4 is 10.6 Å². The number of aryl methyl sites for hydroxylation is 1. The third kappa shape index (κ3) is 5.03. The van der Waals surface area contributed by atoms with Gasteiger partial charge in [0.15, 0.2) is 0 Å². The lowest BCUT2D eigenvalue weighted by molar-refractivity contribution is -0.137. The number of nitrogens with one attached hydrogen (secondary N) is 2. The van der Waals surface area contributed by atoms with Crippen molar-refractivity contribution in [2.75, 3.05) is 10.6 Å². The Hall–Kier alpha value is -3.49. The molecule has 0 unspecified atom stereocenters. The standard InChI is InChI=1S/C19H16F3N5O/c1-12-25-16(9-17(26-12)24-11-13-3-2-8-23-10-13)18(28)27-15-6-4-14(5-7-15)19(20,21)22/h2-10H,11H2,1H3,(H,27,28)(H,24,25,26). The van der Waals surface area contributed by atoms with Crippen molar-refractivity contribution in [3.05, 3.63) is 77.5 Å². The van der Waals surface area contributed by atoms with Crippen LogP contribution in [0, 0.1) is 6.92 Å². The Morgan fingerprint density at radius 3 is 2.50 bits per heavy atom. The monoisotopic (exact) mass is 387 g/mol. The van der Waals surface area contributed by atoms with Gasteiger partial charge in [-0.1, -0.05) is 6.07 Å². The number of aromatic nitrogens is 3. The second-order valence-corrected chi connectivity index (χ2v) is 5.93. The van der Waals surface area contributed by atoms with Crippen molar-refractivity contribution in [3.8, 4) is 0 Å². The highest BCUT2D eigenvalue weighted by Gasteiger charge is 2.30. The molecule has 0 aliphatic rings. The zero-order valence-corrected chi connectivity index (χ0v) is 14.8. The quantitative estimate of drug-likeness (QED) is 0.690. The number of anilines is 2. The molecule has 0 fully saturated rings. The van der Waals surface area contributed by atoms with Gasteiger partial charge >= 0.3 is 6.18 Å². The molecule has 0 saturated heterocycles. The molecular formula is C19H16F3N5O. The largest absolute Gasteiger partial charge is 0.416 e. The molecule has 2 heterocycles. The van der Waals surface area contributed by atoms with Crippen molar-refractivity contribution in [2.45, 2.75) is 19.6 Å². The van der Waals surface area contributed by atoms with Gasteiger partial charge in [0.1, 0.15) is 17.3 Å². The Balaban J connectivity index is 1.70. The molecule has 0 aliphatic carbocycles. The van der Waals surface area contributed by atoms with E-state index in [1.165, 1.54) is 18.2 Å². The molecule has 0 spiro atoms. The second-order valence-electron chi connectivity index (χ2n) is 5.93. The molecule has 9 heteroatoms. The first-order chi connectivity index (χ1) is 13.3. The fraction of sp³-hybridized carbons (Fsp3) is 0.158. The smallest absolute Gasteiger partial charge is 0.366 e. The number of amides is 1. The summed E-state index contributed by atoms with van der Waals surface area (Å²) in [5.74, 6) is 0.289. The van der Waals surface area contributed by atoms with Gasteiger partial charge in [-0.3, -0.25) is 9.78 Å². The van der Waals surface area contributed by atoms with Crippen LogP contribution >= 0.6 is 0 Å². The van der Waals surface area contributed by atoms with Crippen LogP contribution in [0.15, 0.2) is 54.9 Å². The number of hydrogen-bond donors (Lipinski definition) is 2. The summed E-state index contributed by atoms with van der Waals surface area (Å²) >= 11 is 0. The van der Waals surface area contributed by atoms with Crippen LogP contribution in [0.1, 0.15) is 27.4 Å². The van der Waals surface area contributed by atoms with Gasteiger partial charge < -0.3 is 10.6 Å². The van der Waals surface area contributed by atoms with E-state index < -0.39 is 17.6 Å². The Labute approximate surface area is 158 Å². The molecule has 3 rings (SSSR count). The number of benzene rings is 1. The molecule has 2 aromatic heterocycles. The lowest BCUT2D eigenvalue weighted by Crippen LogP contribution is -2.16. The first-order valence-corrected chi connectivity index (χ1v) is 8.28. The van der Waals surface area contributed by atoms with E-state index in [4.69, 9.17) is 0 Å². The molecule has 1 aromatic carbocycles. The molecule has 0 radical (unpaired) electrons. The summed E-state index contributed by atoms with van der Waals surface area (Å²) in [5, 5.41) is 5.62. The lowest BCUT2D eigenvalue weighted by atomic mass is 10.2. The fourth-order valence-electron chi connectivity index (χ4n) is 2.41. The van der Waals surface area contributed by atoms with Gasteiger partial charge in [-0.05, 0) is 42.8 Å². The summed E-state index contributed by atoms with van der Waals surface area (Å²) in [6.07, 6.45) is -1.05. The third-order valence-corrected chi connectivity index (χ3v) is 3.74. The van der Waals surface area contributed by atoms with E-state index >= 15 is 0 Å². The summed E-state index contributed by atoms with van der Waals surface area (Å²) in [4.78, 5) is 24.7. The average molecular weight is 387 g/mol. The molecule has 0 saturated carbocycles. The van der Waals surface area contributed by atoms with Crippen molar-refractivity contribution < 1.29 is 18.0 Å². The minimum Gasteiger partial charge on any atom is -0.366 e. The number of rotatable bonds is 5. The van der Waals surface area contributed by atoms with Crippen LogP contribution in [-0.4, -0.2) is 20.9 Å². The van der Waals surface area contributed by atoms with Crippen molar-refractivity contribution in [3.63, 3.8) is 0 Å². The molecule has 1 amide bonds. The zero-order valence-electron chi connectivity index (χ0n) is 14.8. The molecule has 3 aromatic rings. The number of nitrogens with zero attached hydrogens (tertiary/aromatic N) is 3. The highest BCUT2D eigenvalue weighted by Crippen LogP contribution is 2.29. The summed E-state index contributed by atoms with van der Waals surface area (Å²) in [6, 6.07) is 9.37. The molecule has 0 atom stereocenters. The van der Waals surface area contributed by atoms with Gasteiger partial charge in [-0.15, -0.1) is 0 Å². The topological polar surface area (TPSA) is 79.8 Å². The highest BCUT2D eigenvalue weighted by molar-refractivity contribution is 6.03. The maximum atomic E-state index is 12.6. The summed E-state index contributed by atoms with van der Waals surface area (Å²) in [5.41, 5.74) is 0.486. The van der Waals surface area contributed by atoms with E-state index in [0.29, 0.717) is 18.2 Å². The van der Waals surface area contributed by atoms with Crippen molar-refractivity contribution in [1.29, 1.82) is 0 Å². The zero-order chi connectivity index (χ0) is 20.1. The minimum absolute atomic E-state index is 0.0982. The van der Waals surface area contributed by atoms with E-state index in [9.17, 15) is 18.0 Å². The van der Waals surface area contributed by atoms with E-state index in [0.717, 1.165) is 17.7 Å². The van der Waals surface area contributed by atoms with E-state index in [2.05, 4.69) is 25.6 Å². The minimum atomic E-state index is -4.43. The maximum Gasteiger partial charge on any atom is 0.416 e. The van der Waals surface area contributed by atoms with E-state index in [-0.39, 0.29) is 11.4 Å². The SMILES string of the molecule is Cc1nc(NCc2cccnc2)cc(C(=O)Nc2ccc(C(F)(F)F)cc2)n1. The number of carbonyl (C=O) groups excluding carboxylic acids is 1. The van der Waals surface area contributed by atoms with Crippen LogP contribution in [0.4, 0.5) is 24.7 Å². The van der Waals surface area contributed by atoms with Gasteiger partial charge in [0, 0.05) is 30.7 Å². The number of alkyl halides is 3. The van der Waals surface area contributed by atoms with E-state index in [1.807, 2.05) is 12.1 Å². The van der Waals surface area contributed by atoms with Crippen LogP contribution in [-0.2, 0) is 12.7 Å². The van der Waals surface area contributed by atoms with Gasteiger partial charge in [0.05, 0.1) is 5.56 Å². The molecule has 2 N–H and O–H groups in total. The molecule has 144 valence electrons. The van der Waals surface area contributed by atoms with Crippen molar-refractivity contribution in [1.82, 2.24) is 15.0 Å². The third-order valence-electron chi connectivity index (χ3n) is 3.74. The Morgan fingerprint density at radius 1 is 1.11 bits per heavy atom. The summed E-state index contributed by atoms with van der Waals surface area (Å²) in [7, 11) is 0. The molecule has 28 heavy (non-hydrogen) atoms. The average Bonchev–Trinajstić information content (AvgIpc) is 2.66. The predicted molar refractivity (Wildman–Crippen MR) is 97.7 cm³/mol. The normalized spacial score (nSPS) is 11.1. The summed E-state index contributed by atoms with van der Waals surface area (Å²) in [6.45, 7) is 2.11. The predicted octanol–water partition coefficient (Wildman–Crippen LogP) is 4.06. The number of hydrogen-bond acceptors (Lipinski definition) is 5. The van der Waals surface area contributed by atoms with Crippen molar-refractivity contribution in [2.24, 2.45) is 0 Å². The van der Waals surface area contributed by atoms with Gasteiger partial charge in [-0.2, -0.15) is 13.2 Å². The Morgan fingerprint density at radius 2 is 1.86 bits per heavy atom.